The van der Waals surface area contributed by atoms with Crippen LogP contribution < -0.4 is 0 Å². The SMILES string of the molecule is O=C(O)CC(=O)N(Cc1cccc(O)c1)C1CC1. The number of hydrogen-bond acceptors (Lipinski definition) is 3. The quantitative estimate of drug-likeness (QED) is 0.772. The molecule has 0 saturated heterocycles. The summed E-state index contributed by atoms with van der Waals surface area (Å²) in [6, 6.07) is 6.81. The Morgan fingerprint density at radius 2 is 2.06 bits per heavy atom. The minimum Gasteiger partial charge on any atom is -0.508 e. The molecule has 1 saturated carbocycles. The van der Waals surface area contributed by atoms with E-state index in [0.29, 0.717) is 6.54 Å². The molecule has 0 heterocycles. The third-order valence-electron chi connectivity index (χ3n) is 2.87. The number of amides is 1. The van der Waals surface area contributed by atoms with E-state index >= 15 is 0 Å². The highest BCUT2D eigenvalue weighted by atomic mass is 16.4. The Hall–Kier alpha value is -2.04. The van der Waals surface area contributed by atoms with Crippen LogP contribution in [0.15, 0.2) is 24.3 Å². The zero-order chi connectivity index (χ0) is 13.1. The number of aliphatic carboxylic acids is 1. The number of carbonyl (C=O) groups excluding carboxylic acids is 1. The van der Waals surface area contributed by atoms with Crippen molar-refractivity contribution in [2.45, 2.75) is 31.8 Å². The molecule has 0 spiro atoms. The summed E-state index contributed by atoms with van der Waals surface area (Å²) in [4.78, 5) is 24.0. The number of hydrogen-bond donors (Lipinski definition) is 2. The van der Waals surface area contributed by atoms with Gasteiger partial charge in [-0.1, -0.05) is 12.1 Å². The van der Waals surface area contributed by atoms with Crippen molar-refractivity contribution in [2.75, 3.05) is 0 Å². The molecule has 5 heteroatoms. The first kappa shape index (κ1) is 12.4. The van der Waals surface area contributed by atoms with Crippen LogP contribution in [0.2, 0.25) is 0 Å². The first-order valence-corrected chi connectivity index (χ1v) is 5.85. The molecule has 2 rings (SSSR count). The molecular formula is C13H15NO4. The minimum absolute atomic E-state index is 0.147. The normalized spacial score (nSPS) is 14.2. The summed E-state index contributed by atoms with van der Waals surface area (Å²) in [5.41, 5.74) is 0.806. The fourth-order valence-electron chi connectivity index (χ4n) is 1.89. The lowest BCUT2D eigenvalue weighted by Crippen LogP contribution is -2.33. The van der Waals surface area contributed by atoms with Crippen molar-refractivity contribution in [1.82, 2.24) is 4.90 Å². The van der Waals surface area contributed by atoms with E-state index in [-0.39, 0.29) is 17.7 Å². The van der Waals surface area contributed by atoms with Gasteiger partial charge >= 0.3 is 5.97 Å². The Kier molecular flexibility index (Phi) is 3.50. The zero-order valence-electron chi connectivity index (χ0n) is 9.87. The molecule has 1 aliphatic rings. The Labute approximate surface area is 105 Å². The second-order valence-electron chi connectivity index (χ2n) is 4.49. The first-order chi connectivity index (χ1) is 8.56. The van der Waals surface area contributed by atoms with Crippen LogP contribution in [0.1, 0.15) is 24.8 Å². The van der Waals surface area contributed by atoms with E-state index < -0.39 is 12.4 Å². The summed E-state index contributed by atoms with van der Waals surface area (Å²) in [7, 11) is 0. The molecule has 1 fully saturated rings. The maximum Gasteiger partial charge on any atom is 0.312 e. The van der Waals surface area contributed by atoms with Crippen LogP contribution >= 0.6 is 0 Å². The number of phenols is 1. The van der Waals surface area contributed by atoms with Crippen molar-refractivity contribution in [3.8, 4) is 5.75 Å². The van der Waals surface area contributed by atoms with Gasteiger partial charge in [-0.3, -0.25) is 9.59 Å². The van der Waals surface area contributed by atoms with Crippen LogP contribution in [0.5, 0.6) is 5.75 Å². The summed E-state index contributed by atoms with van der Waals surface area (Å²) in [6.07, 6.45) is 1.36. The van der Waals surface area contributed by atoms with Crippen LogP contribution in [0, 0.1) is 0 Å². The molecule has 18 heavy (non-hydrogen) atoms. The van der Waals surface area contributed by atoms with Gasteiger partial charge < -0.3 is 15.1 Å². The zero-order valence-corrected chi connectivity index (χ0v) is 9.87. The summed E-state index contributed by atoms with van der Waals surface area (Å²) in [6.45, 7) is 0.352. The molecule has 1 aliphatic carbocycles. The van der Waals surface area contributed by atoms with Gasteiger partial charge in [0.05, 0.1) is 0 Å². The van der Waals surface area contributed by atoms with Gasteiger partial charge in [0.1, 0.15) is 12.2 Å². The van der Waals surface area contributed by atoms with Gasteiger partial charge in [0.15, 0.2) is 0 Å². The molecule has 5 nitrogen and oxygen atoms in total. The minimum atomic E-state index is -1.11. The Morgan fingerprint density at radius 1 is 1.33 bits per heavy atom. The lowest BCUT2D eigenvalue weighted by atomic mass is 10.2. The molecule has 1 amide bonds. The van der Waals surface area contributed by atoms with E-state index in [0.717, 1.165) is 18.4 Å². The average Bonchev–Trinajstić information content (AvgIpc) is 3.08. The molecule has 96 valence electrons. The van der Waals surface area contributed by atoms with Crippen LogP contribution in [-0.2, 0) is 16.1 Å². The van der Waals surface area contributed by atoms with Crippen LogP contribution in [0.3, 0.4) is 0 Å². The number of carbonyl (C=O) groups is 2. The van der Waals surface area contributed by atoms with Crippen molar-refractivity contribution in [3.05, 3.63) is 29.8 Å². The van der Waals surface area contributed by atoms with Crippen molar-refractivity contribution in [3.63, 3.8) is 0 Å². The molecular weight excluding hydrogens is 234 g/mol. The lowest BCUT2D eigenvalue weighted by Gasteiger charge is -2.21. The number of nitrogens with zero attached hydrogens (tertiary/aromatic N) is 1. The van der Waals surface area contributed by atoms with E-state index in [1.54, 1.807) is 23.1 Å². The maximum atomic E-state index is 11.8. The molecule has 0 aromatic heterocycles. The molecule has 1 aromatic carbocycles. The summed E-state index contributed by atoms with van der Waals surface area (Å²) in [5, 5.41) is 18.0. The molecule has 0 unspecified atom stereocenters. The highest BCUT2D eigenvalue weighted by Crippen LogP contribution is 2.29. The van der Waals surface area contributed by atoms with E-state index in [2.05, 4.69) is 0 Å². The highest BCUT2D eigenvalue weighted by Gasteiger charge is 2.33. The van der Waals surface area contributed by atoms with Gasteiger partial charge in [0.25, 0.3) is 0 Å². The highest BCUT2D eigenvalue weighted by molar-refractivity contribution is 5.93. The van der Waals surface area contributed by atoms with Crippen molar-refractivity contribution < 1.29 is 19.8 Å². The standard InChI is InChI=1S/C13H15NO4/c15-11-3-1-2-9(6-11)8-14(10-4-5-10)12(16)7-13(17)18/h1-3,6,10,15H,4-5,7-8H2,(H,17,18). The number of benzene rings is 1. The molecule has 0 aliphatic heterocycles. The summed E-state index contributed by atoms with van der Waals surface area (Å²) >= 11 is 0. The fraction of sp³-hybridized carbons (Fsp3) is 0.385. The number of carboxylic acids is 1. The van der Waals surface area contributed by atoms with E-state index in [1.807, 2.05) is 6.07 Å². The van der Waals surface area contributed by atoms with Gasteiger partial charge in [-0.25, -0.2) is 0 Å². The largest absolute Gasteiger partial charge is 0.508 e. The second kappa shape index (κ2) is 5.08. The monoisotopic (exact) mass is 249 g/mol. The van der Waals surface area contributed by atoms with Crippen molar-refractivity contribution in [2.24, 2.45) is 0 Å². The topological polar surface area (TPSA) is 77.8 Å². The van der Waals surface area contributed by atoms with Crippen LogP contribution in [0.25, 0.3) is 0 Å². The fourth-order valence-corrected chi connectivity index (χ4v) is 1.89. The third-order valence-corrected chi connectivity index (χ3v) is 2.87. The van der Waals surface area contributed by atoms with Gasteiger partial charge in [0, 0.05) is 12.6 Å². The van der Waals surface area contributed by atoms with Crippen molar-refractivity contribution >= 4 is 11.9 Å². The molecule has 2 N–H and O–H groups in total. The van der Waals surface area contributed by atoms with E-state index in [9.17, 15) is 14.7 Å². The smallest absolute Gasteiger partial charge is 0.312 e. The van der Waals surface area contributed by atoms with Gasteiger partial charge in [-0.2, -0.15) is 0 Å². The average molecular weight is 249 g/mol. The Bertz CT molecular complexity index is 468. The Balaban J connectivity index is 2.06. The van der Waals surface area contributed by atoms with Gasteiger partial charge in [-0.15, -0.1) is 0 Å². The summed E-state index contributed by atoms with van der Waals surface area (Å²) in [5.74, 6) is -1.33. The van der Waals surface area contributed by atoms with E-state index in [1.165, 1.54) is 0 Å². The molecule has 1 aromatic rings. The number of carboxylic acid groups (broad SMARTS) is 1. The number of aromatic hydroxyl groups is 1. The maximum absolute atomic E-state index is 11.8. The number of rotatable bonds is 5. The third kappa shape index (κ3) is 3.23. The predicted octanol–water partition coefficient (Wildman–Crippen LogP) is 1.36. The van der Waals surface area contributed by atoms with E-state index in [4.69, 9.17) is 5.11 Å². The van der Waals surface area contributed by atoms with Crippen LogP contribution in [0.4, 0.5) is 0 Å². The summed E-state index contributed by atoms with van der Waals surface area (Å²) < 4.78 is 0. The van der Waals surface area contributed by atoms with Gasteiger partial charge in [0.2, 0.25) is 5.91 Å². The second-order valence-corrected chi connectivity index (χ2v) is 4.49. The number of phenolic OH excluding ortho intramolecular Hbond substituents is 1. The van der Waals surface area contributed by atoms with Crippen LogP contribution in [-0.4, -0.2) is 33.0 Å². The van der Waals surface area contributed by atoms with Gasteiger partial charge in [-0.05, 0) is 30.5 Å². The lowest BCUT2D eigenvalue weighted by molar-refractivity contribution is -0.144. The Morgan fingerprint density at radius 3 is 2.61 bits per heavy atom. The predicted molar refractivity (Wildman–Crippen MR) is 63.9 cm³/mol. The molecule has 0 bridgehead atoms. The molecule has 0 atom stereocenters. The molecule has 0 radical (unpaired) electrons. The van der Waals surface area contributed by atoms with Crippen molar-refractivity contribution in [1.29, 1.82) is 0 Å². The first-order valence-electron chi connectivity index (χ1n) is 5.85.